The molecule has 0 bridgehead atoms. The maximum Gasteiger partial charge on any atom is 0.255 e. The van der Waals surface area contributed by atoms with Crippen LogP contribution in [0.15, 0.2) is 29.3 Å². The van der Waals surface area contributed by atoms with Gasteiger partial charge in [0.25, 0.3) is 5.91 Å². The summed E-state index contributed by atoms with van der Waals surface area (Å²) >= 11 is 0. The summed E-state index contributed by atoms with van der Waals surface area (Å²) in [6.07, 6.45) is 6.33. The van der Waals surface area contributed by atoms with E-state index in [9.17, 15) is 4.79 Å². The summed E-state index contributed by atoms with van der Waals surface area (Å²) in [4.78, 5) is 17.9. The summed E-state index contributed by atoms with van der Waals surface area (Å²) in [6, 6.07) is 7.63. The molecule has 1 saturated carbocycles. The Hall–Kier alpha value is -1.59. The van der Waals surface area contributed by atoms with Gasteiger partial charge in [-0.3, -0.25) is 14.7 Å². The van der Waals surface area contributed by atoms with E-state index in [1.54, 1.807) is 7.05 Å². The Kier molecular flexibility index (Phi) is 10.8. The number of carbonyl (C=O) groups excluding carboxylic acids is 1. The van der Waals surface area contributed by atoms with Crippen molar-refractivity contribution in [3.8, 4) is 5.75 Å². The van der Waals surface area contributed by atoms with Crippen molar-refractivity contribution in [1.82, 2.24) is 15.5 Å². The van der Waals surface area contributed by atoms with Crippen molar-refractivity contribution in [2.45, 2.75) is 44.2 Å². The van der Waals surface area contributed by atoms with E-state index in [-0.39, 0.29) is 36.1 Å². The number of carbonyl (C=O) groups is 1. The molecule has 0 atom stereocenters. The first kappa shape index (κ1) is 25.7. The maximum atomic E-state index is 10.9. The molecule has 8 nitrogen and oxygen atoms in total. The summed E-state index contributed by atoms with van der Waals surface area (Å²) in [6.45, 7) is 5.03. The van der Waals surface area contributed by atoms with E-state index in [0.717, 1.165) is 44.4 Å². The number of amides is 1. The molecule has 174 valence electrons. The minimum Gasteiger partial charge on any atom is -0.484 e. The van der Waals surface area contributed by atoms with Crippen LogP contribution in [-0.2, 0) is 16.1 Å². The number of hydrogen-bond acceptors (Lipinski definition) is 5. The summed E-state index contributed by atoms with van der Waals surface area (Å²) < 4.78 is 11.0. The van der Waals surface area contributed by atoms with Gasteiger partial charge in [0.1, 0.15) is 5.75 Å². The summed E-state index contributed by atoms with van der Waals surface area (Å²) in [7, 11) is 1.80. The van der Waals surface area contributed by atoms with Crippen LogP contribution >= 0.6 is 24.0 Å². The average Bonchev–Trinajstić information content (AvgIpc) is 2.79. The number of nitrogens with two attached hydrogens (primary N) is 1. The third-order valence-corrected chi connectivity index (χ3v) is 6.01. The van der Waals surface area contributed by atoms with Gasteiger partial charge >= 0.3 is 0 Å². The topological polar surface area (TPSA) is 101 Å². The van der Waals surface area contributed by atoms with Gasteiger partial charge in [-0.1, -0.05) is 31.4 Å². The highest BCUT2D eigenvalue weighted by atomic mass is 127. The van der Waals surface area contributed by atoms with Crippen LogP contribution in [-0.4, -0.2) is 68.8 Å². The zero-order valence-electron chi connectivity index (χ0n) is 18.4. The van der Waals surface area contributed by atoms with Gasteiger partial charge in [-0.2, -0.15) is 0 Å². The lowest BCUT2D eigenvalue weighted by molar-refractivity contribution is -0.119. The lowest BCUT2D eigenvalue weighted by atomic mass is 9.80. The van der Waals surface area contributed by atoms with Crippen LogP contribution < -0.4 is 21.1 Å². The first-order valence-corrected chi connectivity index (χ1v) is 10.9. The van der Waals surface area contributed by atoms with Crippen LogP contribution in [0.2, 0.25) is 0 Å². The molecule has 0 radical (unpaired) electrons. The normalized spacial score (nSPS) is 19.2. The Morgan fingerprint density at radius 1 is 1.23 bits per heavy atom. The van der Waals surface area contributed by atoms with Gasteiger partial charge in [0, 0.05) is 38.8 Å². The zero-order chi connectivity index (χ0) is 21.2. The number of guanidine groups is 1. The molecular weight excluding hydrogens is 509 g/mol. The van der Waals surface area contributed by atoms with Crippen LogP contribution in [0.5, 0.6) is 5.75 Å². The number of aliphatic imine (C=N–C) groups is 1. The van der Waals surface area contributed by atoms with Crippen LogP contribution in [0, 0.1) is 0 Å². The molecular formula is C22H36IN5O3. The van der Waals surface area contributed by atoms with E-state index in [0.29, 0.717) is 12.3 Å². The first-order chi connectivity index (χ1) is 14.6. The highest BCUT2D eigenvalue weighted by molar-refractivity contribution is 14.0. The monoisotopic (exact) mass is 545 g/mol. The minimum absolute atomic E-state index is 0. The second-order valence-corrected chi connectivity index (χ2v) is 8.07. The molecule has 1 saturated heterocycles. The smallest absolute Gasteiger partial charge is 0.255 e. The zero-order valence-corrected chi connectivity index (χ0v) is 20.7. The van der Waals surface area contributed by atoms with Gasteiger partial charge in [-0.15, -0.1) is 24.0 Å². The van der Waals surface area contributed by atoms with Gasteiger partial charge in [-0.05, 0) is 30.5 Å². The molecule has 0 unspecified atom stereocenters. The Morgan fingerprint density at radius 2 is 1.97 bits per heavy atom. The number of primary amides is 1. The molecule has 4 N–H and O–H groups in total. The molecule has 1 aromatic carbocycles. The summed E-state index contributed by atoms with van der Waals surface area (Å²) in [5.41, 5.74) is 6.37. The number of ether oxygens (including phenoxy) is 2. The van der Waals surface area contributed by atoms with E-state index >= 15 is 0 Å². The van der Waals surface area contributed by atoms with Crippen molar-refractivity contribution in [1.29, 1.82) is 0 Å². The fraction of sp³-hybridized carbons (Fsp3) is 0.636. The minimum atomic E-state index is -0.486. The first-order valence-electron chi connectivity index (χ1n) is 10.9. The third-order valence-electron chi connectivity index (χ3n) is 6.01. The molecule has 1 aliphatic heterocycles. The van der Waals surface area contributed by atoms with Crippen molar-refractivity contribution in [2.24, 2.45) is 10.7 Å². The predicted octanol–water partition coefficient (Wildman–Crippen LogP) is 1.87. The molecule has 1 amide bonds. The number of nitrogens with one attached hydrogen (secondary N) is 2. The second kappa shape index (κ2) is 13.1. The highest BCUT2D eigenvalue weighted by Gasteiger charge is 2.38. The summed E-state index contributed by atoms with van der Waals surface area (Å²) in [5.74, 6) is 0.932. The fourth-order valence-electron chi connectivity index (χ4n) is 4.41. The van der Waals surface area contributed by atoms with Crippen molar-refractivity contribution in [3.05, 3.63) is 29.8 Å². The second-order valence-electron chi connectivity index (χ2n) is 8.07. The molecule has 1 aliphatic carbocycles. The maximum absolute atomic E-state index is 10.9. The van der Waals surface area contributed by atoms with Crippen LogP contribution in [0.3, 0.4) is 0 Å². The van der Waals surface area contributed by atoms with Crippen molar-refractivity contribution in [2.75, 3.05) is 46.5 Å². The number of halogens is 1. The summed E-state index contributed by atoms with van der Waals surface area (Å²) in [5, 5.41) is 6.95. The predicted molar refractivity (Wildman–Crippen MR) is 133 cm³/mol. The molecule has 0 spiro atoms. The van der Waals surface area contributed by atoms with E-state index < -0.39 is 5.91 Å². The van der Waals surface area contributed by atoms with Crippen molar-refractivity contribution >= 4 is 35.8 Å². The fourth-order valence-corrected chi connectivity index (χ4v) is 4.41. The number of benzene rings is 1. The Bertz CT molecular complexity index is 719. The van der Waals surface area contributed by atoms with Crippen molar-refractivity contribution in [3.63, 3.8) is 0 Å². The van der Waals surface area contributed by atoms with Gasteiger partial charge in [0.15, 0.2) is 12.6 Å². The molecule has 1 aromatic rings. The van der Waals surface area contributed by atoms with E-state index in [2.05, 4.69) is 20.5 Å². The van der Waals surface area contributed by atoms with Crippen LogP contribution in [0.25, 0.3) is 0 Å². The number of rotatable bonds is 8. The molecule has 1 heterocycles. The standard InChI is InChI=1S/C22H35N5O3.HI/c1-24-21(25-15-18-6-5-7-19(14-18)30-16-20(23)28)26-17-22(8-3-2-4-9-22)27-10-12-29-13-11-27;/h5-7,14H,2-4,8-13,15-17H2,1H3,(H2,23,28)(H2,24,25,26);1H. The van der Waals surface area contributed by atoms with Gasteiger partial charge < -0.3 is 25.8 Å². The molecule has 3 rings (SSSR count). The Balaban J connectivity index is 0.00000341. The Morgan fingerprint density at radius 3 is 2.65 bits per heavy atom. The lowest BCUT2D eigenvalue weighted by Gasteiger charge is -2.48. The molecule has 9 heteroatoms. The number of morpholine rings is 1. The molecule has 0 aromatic heterocycles. The molecule has 2 fully saturated rings. The van der Waals surface area contributed by atoms with E-state index in [4.69, 9.17) is 15.2 Å². The number of nitrogens with zero attached hydrogens (tertiary/aromatic N) is 2. The SMILES string of the molecule is CN=C(NCc1cccc(OCC(N)=O)c1)NCC1(N2CCOCC2)CCCCC1.I. The molecule has 2 aliphatic rings. The van der Waals surface area contributed by atoms with Crippen molar-refractivity contribution < 1.29 is 14.3 Å². The van der Waals surface area contributed by atoms with E-state index in [1.165, 1.54) is 32.1 Å². The van der Waals surface area contributed by atoms with Gasteiger partial charge in [-0.25, -0.2) is 0 Å². The lowest BCUT2D eigenvalue weighted by Crippen LogP contribution is -2.60. The number of hydrogen-bond donors (Lipinski definition) is 3. The average molecular weight is 545 g/mol. The van der Waals surface area contributed by atoms with Gasteiger partial charge in [0.2, 0.25) is 0 Å². The quantitative estimate of drug-likeness (QED) is 0.262. The highest BCUT2D eigenvalue weighted by Crippen LogP contribution is 2.33. The van der Waals surface area contributed by atoms with Gasteiger partial charge in [0.05, 0.1) is 13.2 Å². The third kappa shape index (κ3) is 7.80. The van der Waals surface area contributed by atoms with Crippen LogP contribution in [0.1, 0.15) is 37.7 Å². The largest absolute Gasteiger partial charge is 0.484 e. The molecule has 31 heavy (non-hydrogen) atoms. The Labute approximate surface area is 202 Å². The van der Waals surface area contributed by atoms with Crippen LogP contribution in [0.4, 0.5) is 0 Å². The van der Waals surface area contributed by atoms with E-state index in [1.807, 2.05) is 24.3 Å².